The van der Waals surface area contributed by atoms with Gasteiger partial charge >= 0.3 is 0 Å². The van der Waals surface area contributed by atoms with Crippen molar-refractivity contribution >= 4 is 17.5 Å². The Balaban J connectivity index is 2.09. The summed E-state index contributed by atoms with van der Waals surface area (Å²) in [6.45, 7) is 1.64. The maximum absolute atomic E-state index is 10.5. The fourth-order valence-electron chi connectivity index (χ4n) is 2.58. The summed E-state index contributed by atoms with van der Waals surface area (Å²) in [4.78, 5) is 10.4. The number of benzene rings is 1. The van der Waals surface area contributed by atoms with Crippen LogP contribution in [0.15, 0.2) is 58.8 Å². The molecule has 0 radical (unpaired) electrons. The molecule has 0 spiro atoms. The fourth-order valence-corrected chi connectivity index (χ4v) is 3.19. The average molecular weight is 300 g/mol. The molecule has 1 aromatic heterocycles. The van der Waals surface area contributed by atoms with E-state index in [0.717, 1.165) is 21.7 Å². The van der Waals surface area contributed by atoms with Crippen LogP contribution < -0.4 is 0 Å². The van der Waals surface area contributed by atoms with Crippen LogP contribution in [0, 0.1) is 0 Å². The first kappa shape index (κ1) is 14.1. The van der Waals surface area contributed by atoms with Gasteiger partial charge in [0.15, 0.2) is 0 Å². The predicted molar refractivity (Wildman–Crippen MR) is 83.4 cm³/mol. The first-order valence-electron chi connectivity index (χ1n) is 6.65. The summed E-state index contributed by atoms with van der Waals surface area (Å²) < 4.78 is 0. The summed E-state index contributed by atoms with van der Waals surface area (Å²) >= 11 is 1.65. The van der Waals surface area contributed by atoms with Gasteiger partial charge in [-0.1, -0.05) is 23.4 Å². The van der Waals surface area contributed by atoms with Crippen LogP contribution in [-0.2, 0) is 4.84 Å². The minimum absolute atomic E-state index is 0.339. The second-order valence-corrected chi connectivity index (χ2v) is 5.88. The molecule has 0 saturated carbocycles. The van der Waals surface area contributed by atoms with E-state index in [4.69, 9.17) is 4.84 Å². The Hall–Kier alpha value is -1.85. The lowest BCUT2D eigenvalue weighted by Crippen LogP contribution is -2.34. The van der Waals surface area contributed by atoms with Crippen molar-refractivity contribution in [2.45, 2.75) is 23.5 Å². The van der Waals surface area contributed by atoms with Crippen molar-refractivity contribution in [2.75, 3.05) is 6.26 Å². The number of oxime groups is 1. The normalized spacial score (nSPS) is 24.5. The fraction of sp³-hybridized carbons (Fsp3) is 0.250. The van der Waals surface area contributed by atoms with Gasteiger partial charge in [-0.3, -0.25) is 4.98 Å². The molecule has 5 heteroatoms. The molecule has 0 fully saturated rings. The van der Waals surface area contributed by atoms with Crippen LogP contribution in [0.4, 0.5) is 0 Å². The summed E-state index contributed by atoms with van der Waals surface area (Å²) in [5.74, 6) is -1.70. The summed E-state index contributed by atoms with van der Waals surface area (Å²) in [6, 6.07) is 11.8. The number of hydrogen-bond acceptors (Lipinski definition) is 5. The number of pyridine rings is 1. The molecule has 1 aromatic carbocycles. The van der Waals surface area contributed by atoms with E-state index in [1.807, 2.05) is 42.7 Å². The molecule has 2 aromatic rings. The Morgan fingerprint density at radius 2 is 1.90 bits per heavy atom. The lowest BCUT2D eigenvalue weighted by molar-refractivity contribution is -0.179. The van der Waals surface area contributed by atoms with Crippen molar-refractivity contribution in [3.8, 4) is 0 Å². The molecule has 3 rings (SSSR count). The van der Waals surface area contributed by atoms with E-state index in [1.54, 1.807) is 31.1 Å². The molecule has 2 atom stereocenters. The van der Waals surface area contributed by atoms with Crippen LogP contribution in [0.3, 0.4) is 0 Å². The zero-order valence-electron chi connectivity index (χ0n) is 11.9. The van der Waals surface area contributed by atoms with Crippen LogP contribution in [0.5, 0.6) is 0 Å². The third-order valence-electron chi connectivity index (χ3n) is 3.56. The van der Waals surface area contributed by atoms with Gasteiger partial charge in [-0.05, 0) is 30.0 Å². The molecule has 1 aliphatic heterocycles. The number of thioether (sulfide) groups is 1. The second kappa shape index (κ2) is 5.50. The highest BCUT2D eigenvalue weighted by atomic mass is 32.2. The summed E-state index contributed by atoms with van der Waals surface area (Å²) in [6.07, 6.45) is 5.44. The lowest BCUT2D eigenvalue weighted by atomic mass is 9.85. The maximum atomic E-state index is 10.5. The van der Waals surface area contributed by atoms with Gasteiger partial charge in [-0.25, -0.2) is 0 Å². The quantitative estimate of drug-likeness (QED) is 0.885. The van der Waals surface area contributed by atoms with Crippen molar-refractivity contribution in [2.24, 2.45) is 5.16 Å². The molecule has 0 saturated heterocycles. The molecule has 2 unspecified atom stereocenters. The number of hydrogen-bond donors (Lipinski definition) is 1. The zero-order chi connectivity index (χ0) is 14.9. The van der Waals surface area contributed by atoms with Crippen molar-refractivity contribution < 1.29 is 9.94 Å². The molecule has 0 amide bonds. The third-order valence-corrected chi connectivity index (χ3v) is 4.36. The predicted octanol–water partition coefficient (Wildman–Crippen LogP) is 3.03. The Labute approximate surface area is 127 Å². The molecule has 4 nitrogen and oxygen atoms in total. The first-order chi connectivity index (χ1) is 10.1. The van der Waals surface area contributed by atoms with Crippen molar-refractivity contribution in [1.82, 2.24) is 4.98 Å². The highest BCUT2D eigenvalue weighted by molar-refractivity contribution is 7.98. The highest BCUT2D eigenvalue weighted by Gasteiger charge is 2.45. The van der Waals surface area contributed by atoms with E-state index < -0.39 is 5.79 Å². The summed E-state index contributed by atoms with van der Waals surface area (Å²) in [7, 11) is 0. The Morgan fingerprint density at radius 1 is 1.19 bits per heavy atom. The standard InChI is InChI=1S/C16H16N2O2S/c1-16(19)14(11-7-9-17-10-8-11)15(18-20-16)12-5-3-4-6-13(12)21-2/h3-10,14,19H,1-2H3. The van der Waals surface area contributed by atoms with Crippen LogP contribution in [0.25, 0.3) is 0 Å². The van der Waals surface area contributed by atoms with E-state index in [1.165, 1.54) is 0 Å². The highest BCUT2D eigenvalue weighted by Crippen LogP contribution is 2.39. The van der Waals surface area contributed by atoms with E-state index in [9.17, 15) is 5.11 Å². The van der Waals surface area contributed by atoms with E-state index in [0.29, 0.717) is 0 Å². The van der Waals surface area contributed by atoms with Crippen molar-refractivity contribution in [3.05, 3.63) is 59.9 Å². The monoisotopic (exact) mass is 300 g/mol. The molecular weight excluding hydrogens is 284 g/mol. The second-order valence-electron chi connectivity index (χ2n) is 5.04. The number of aliphatic hydroxyl groups is 1. The molecule has 0 aliphatic carbocycles. The van der Waals surface area contributed by atoms with Crippen LogP contribution in [0.1, 0.15) is 24.0 Å². The zero-order valence-corrected chi connectivity index (χ0v) is 12.7. The Kier molecular flexibility index (Phi) is 3.69. The van der Waals surface area contributed by atoms with E-state index in [2.05, 4.69) is 10.1 Å². The van der Waals surface area contributed by atoms with Crippen LogP contribution >= 0.6 is 11.8 Å². The van der Waals surface area contributed by atoms with Gasteiger partial charge in [0, 0.05) is 29.8 Å². The lowest BCUT2D eigenvalue weighted by Gasteiger charge is -2.24. The Bertz CT molecular complexity index is 671. The van der Waals surface area contributed by atoms with Crippen molar-refractivity contribution in [1.29, 1.82) is 0 Å². The molecule has 108 valence electrons. The molecule has 21 heavy (non-hydrogen) atoms. The topological polar surface area (TPSA) is 54.7 Å². The minimum atomic E-state index is -1.36. The van der Waals surface area contributed by atoms with Crippen LogP contribution in [-0.4, -0.2) is 27.8 Å². The minimum Gasteiger partial charge on any atom is -0.359 e. The largest absolute Gasteiger partial charge is 0.359 e. The van der Waals surface area contributed by atoms with Crippen LogP contribution in [0.2, 0.25) is 0 Å². The molecule has 0 bridgehead atoms. The van der Waals surface area contributed by atoms with E-state index >= 15 is 0 Å². The van der Waals surface area contributed by atoms with Gasteiger partial charge in [0.05, 0.1) is 5.92 Å². The van der Waals surface area contributed by atoms with Gasteiger partial charge in [-0.15, -0.1) is 11.8 Å². The third kappa shape index (κ3) is 2.54. The van der Waals surface area contributed by atoms with Gasteiger partial charge in [-0.2, -0.15) is 0 Å². The molecule has 1 aliphatic rings. The first-order valence-corrected chi connectivity index (χ1v) is 7.87. The van der Waals surface area contributed by atoms with Gasteiger partial charge in [0.1, 0.15) is 5.71 Å². The summed E-state index contributed by atoms with van der Waals surface area (Å²) in [5.41, 5.74) is 2.67. The number of aromatic nitrogens is 1. The van der Waals surface area contributed by atoms with E-state index in [-0.39, 0.29) is 5.92 Å². The maximum Gasteiger partial charge on any atom is 0.244 e. The van der Waals surface area contributed by atoms with Gasteiger partial charge in [0.2, 0.25) is 5.79 Å². The van der Waals surface area contributed by atoms with Gasteiger partial charge in [0.25, 0.3) is 0 Å². The SMILES string of the molecule is CSc1ccccc1C1=NOC(C)(O)C1c1ccncc1. The van der Waals surface area contributed by atoms with Gasteiger partial charge < -0.3 is 9.94 Å². The smallest absolute Gasteiger partial charge is 0.244 e. The summed E-state index contributed by atoms with van der Waals surface area (Å²) in [5, 5.41) is 14.7. The molecule has 1 N–H and O–H groups in total. The number of rotatable bonds is 3. The molecular formula is C16H16N2O2S. The number of nitrogens with zero attached hydrogens (tertiary/aromatic N) is 2. The average Bonchev–Trinajstić information content (AvgIpc) is 2.83. The Morgan fingerprint density at radius 3 is 2.62 bits per heavy atom. The van der Waals surface area contributed by atoms with Crippen molar-refractivity contribution in [3.63, 3.8) is 0 Å². The molecule has 2 heterocycles.